The number of carbonyl (C=O) groups excluding carboxylic acids is 2. The lowest BCUT2D eigenvalue weighted by Gasteiger charge is -2.13. The molecule has 0 saturated carbocycles. The monoisotopic (exact) mass is 244 g/mol. The SMILES string of the molecule is C=Cc1c(/C=C\C)ccc(C)c1NC(=O)C(N)=O. The predicted molar refractivity (Wildman–Crippen MR) is 73.8 cm³/mol. The largest absolute Gasteiger partial charge is 0.361 e. The molecule has 0 aliphatic rings. The number of nitrogens with one attached hydrogen (secondary N) is 1. The molecule has 0 aliphatic carbocycles. The van der Waals surface area contributed by atoms with Crippen molar-refractivity contribution in [2.45, 2.75) is 13.8 Å². The second-order valence-electron chi connectivity index (χ2n) is 3.78. The Bertz CT molecular complexity index is 531. The minimum atomic E-state index is -1.01. The number of aryl methyl sites for hydroxylation is 1. The molecule has 0 unspecified atom stereocenters. The zero-order valence-corrected chi connectivity index (χ0v) is 10.5. The second-order valence-corrected chi connectivity index (χ2v) is 3.78. The van der Waals surface area contributed by atoms with Gasteiger partial charge in [0.15, 0.2) is 0 Å². The van der Waals surface area contributed by atoms with Gasteiger partial charge in [0.1, 0.15) is 0 Å². The molecule has 18 heavy (non-hydrogen) atoms. The average molecular weight is 244 g/mol. The van der Waals surface area contributed by atoms with E-state index >= 15 is 0 Å². The van der Waals surface area contributed by atoms with Gasteiger partial charge in [-0.2, -0.15) is 0 Å². The van der Waals surface area contributed by atoms with E-state index in [1.807, 2.05) is 38.1 Å². The highest BCUT2D eigenvalue weighted by Gasteiger charge is 2.14. The van der Waals surface area contributed by atoms with Crippen molar-refractivity contribution >= 4 is 29.7 Å². The molecule has 0 atom stereocenters. The fourth-order valence-corrected chi connectivity index (χ4v) is 1.63. The number of nitrogens with two attached hydrogens (primary N) is 1. The zero-order chi connectivity index (χ0) is 13.7. The van der Waals surface area contributed by atoms with Crippen LogP contribution in [0.5, 0.6) is 0 Å². The van der Waals surface area contributed by atoms with Gasteiger partial charge in [0.25, 0.3) is 0 Å². The standard InChI is InChI=1S/C14H16N2O2/c1-4-6-10-8-7-9(3)12(11(10)5-2)16-14(18)13(15)17/h4-8H,2H2,1,3H3,(H2,15,17)(H,16,18)/b6-4-. The molecule has 1 aromatic carbocycles. The third-order valence-corrected chi connectivity index (χ3v) is 2.50. The van der Waals surface area contributed by atoms with Crippen LogP contribution in [0.3, 0.4) is 0 Å². The summed E-state index contributed by atoms with van der Waals surface area (Å²) >= 11 is 0. The Labute approximate surface area is 106 Å². The van der Waals surface area contributed by atoms with Crippen LogP contribution >= 0.6 is 0 Å². The van der Waals surface area contributed by atoms with Crippen LogP contribution in [-0.2, 0) is 9.59 Å². The Kier molecular flexibility index (Phi) is 4.43. The number of anilines is 1. The maximum Gasteiger partial charge on any atom is 0.313 e. The molecule has 0 spiro atoms. The van der Waals surface area contributed by atoms with Gasteiger partial charge in [0.05, 0.1) is 5.69 Å². The number of allylic oxidation sites excluding steroid dienone is 1. The van der Waals surface area contributed by atoms with Crippen molar-refractivity contribution in [2.75, 3.05) is 5.32 Å². The topological polar surface area (TPSA) is 72.2 Å². The number of hydrogen-bond donors (Lipinski definition) is 2. The van der Waals surface area contributed by atoms with E-state index in [2.05, 4.69) is 11.9 Å². The molecule has 1 rings (SSSR count). The fourth-order valence-electron chi connectivity index (χ4n) is 1.63. The minimum Gasteiger partial charge on any atom is -0.361 e. The second kappa shape index (κ2) is 5.82. The third kappa shape index (κ3) is 2.85. The summed E-state index contributed by atoms with van der Waals surface area (Å²) in [4.78, 5) is 22.2. The highest BCUT2D eigenvalue weighted by molar-refractivity contribution is 6.39. The van der Waals surface area contributed by atoms with E-state index in [9.17, 15) is 9.59 Å². The first kappa shape index (κ1) is 13.7. The van der Waals surface area contributed by atoms with Crippen LogP contribution in [0.25, 0.3) is 12.2 Å². The minimum absolute atomic E-state index is 0.560. The fraction of sp³-hybridized carbons (Fsp3) is 0.143. The van der Waals surface area contributed by atoms with E-state index in [4.69, 9.17) is 5.73 Å². The quantitative estimate of drug-likeness (QED) is 0.799. The highest BCUT2D eigenvalue weighted by atomic mass is 16.2. The Morgan fingerprint density at radius 3 is 2.56 bits per heavy atom. The van der Waals surface area contributed by atoms with E-state index in [1.54, 1.807) is 6.08 Å². The van der Waals surface area contributed by atoms with E-state index < -0.39 is 11.8 Å². The molecule has 1 aromatic rings. The van der Waals surface area contributed by atoms with Crippen LogP contribution < -0.4 is 11.1 Å². The van der Waals surface area contributed by atoms with Crippen molar-refractivity contribution in [1.82, 2.24) is 0 Å². The summed E-state index contributed by atoms with van der Waals surface area (Å²) in [5.41, 5.74) is 8.01. The molecule has 94 valence electrons. The first-order chi connectivity index (χ1) is 8.51. The first-order valence-electron chi connectivity index (χ1n) is 5.50. The normalized spacial score (nSPS) is 10.3. The average Bonchev–Trinajstić information content (AvgIpc) is 2.33. The summed E-state index contributed by atoms with van der Waals surface area (Å²) in [5.74, 6) is -1.85. The summed E-state index contributed by atoms with van der Waals surface area (Å²) in [7, 11) is 0. The first-order valence-corrected chi connectivity index (χ1v) is 5.50. The molecule has 0 radical (unpaired) electrons. The summed E-state index contributed by atoms with van der Waals surface area (Å²) in [5, 5.41) is 2.51. The third-order valence-electron chi connectivity index (χ3n) is 2.50. The van der Waals surface area contributed by atoms with Gasteiger partial charge in [-0.25, -0.2) is 0 Å². The summed E-state index contributed by atoms with van der Waals surface area (Å²) in [6.45, 7) is 7.46. The lowest BCUT2D eigenvalue weighted by Crippen LogP contribution is -2.30. The van der Waals surface area contributed by atoms with E-state index in [1.165, 1.54) is 0 Å². The molecule has 0 aromatic heterocycles. The van der Waals surface area contributed by atoms with Crippen LogP contribution in [-0.4, -0.2) is 11.8 Å². The Balaban J connectivity index is 3.32. The predicted octanol–water partition coefficient (Wildman–Crippen LogP) is 2.09. The van der Waals surface area contributed by atoms with Crippen LogP contribution in [0.4, 0.5) is 5.69 Å². The maximum atomic E-state index is 11.4. The molecule has 0 bridgehead atoms. The number of benzene rings is 1. The lowest BCUT2D eigenvalue weighted by atomic mass is 10.0. The van der Waals surface area contributed by atoms with Gasteiger partial charge in [-0.1, -0.05) is 36.9 Å². The van der Waals surface area contributed by atoms with Crippen molar-refractivity contribution < 1.29 is 9.59 Å². The molecule has 2 amide bonds. The molecule has 0 fully saturated rings. The Morgan fingerprint density at radius 1 is 1.39 bits per heavy atom. The molecule has 0 aliphatic heterocycles. The van der Waals surface area contributed by atoms with Crippen LogP contribution in [0.15, 0.2) is 24.8 Å². The molecular formula is C14H16N2O2. The van der Waals surface area contributed by atoms with Crippen LogP contribution in [0.1, 0.15) is 23.6 Å². The van der Waals surface area contributed by atoms with Gasteiger partial charge in [-0.05, 0) is 25.0 Å². The number of carbonyl (C=O) groups is 2. The van der Waals surface area contributed by atoms with E-state index in [0.717, 1.165) is 16.7 Å². The molecule has 0 saturated heterocycles. The van der Waals surface area contributed by atoms with Crippen LogP contribution in [0.2, 0.25) is 0 Å². The summed E-state index contributed by atoms with van der Waals surface area (Å²) in [6.07, 6.45) is 5.42. The number of amides is 2. The van der Waals surface area contributed by atoms with Crippen molar-refractivity contribution in [1.29, 1.82) is 0 Å². The maximum absolute atomic E-state index is 11.4. The molecule has 4 nitrogen and oxygen atoms in total. The van der Waals surface area contributed by atoms with Crippen LogP contribution in [0, 0.1) is 6.92 Å². The zero-order valence-electron chi connectivity index (χ0n) is 10.5. The van der Waals surface area contributed by atoms with Gasteiger partial charge in [-0.15, -0.1) is 0 Å². The number of hydrogen-bond acceptors (Lipinski definition) is 2. The van der Waals surface area contributed by atoms with Gasteiger partial charge in [-0.3, -0.25) is 9.59 Å². The van der Waals surface area contributed by atoms with Gasteiger partial charge < -0.3 is 11.1 Å². The van der Waals surface area contributed by atoms with Crippen molar-refractivity contribution in [2.24, 2.45) is 5.73 Å². The van der Waals surface area contributed by atoms with Crippen molar-refractivity contribution in [3.05, 3.63) is 41.5 Å². The molecule has 3 N–H and O–H groups in total. The Morgan fingerprint density at radius 2 is 2.06 bits per heavy atom. The lowest BCUT2D eigenvalue weighted by molar-refractivity contribution is -0.134. The van der Waals surface area contributed by atoms with Gasteiger partial charge >= 0.3 is 11.8 Å². The molecule has 0 heterocycles. The molecular weight excluding hydrogens is 228 g/mol. The summed E-state index contributed by atoms with van der Waals surface area (Å²) in [6, 6.07) is 3.78. The van der Waals surface area contributed by atoms with Gasteiger partial charge in [0.2, 0.25) is 0 Å². The van der Waals surface area contributed by atoms with E-state index in [-0.39, 0.29) is 0 Å². The van der Waals surface area contributed by atoms with Gasteiger partial charge in [0, 0.05) is 5.56 Å². The van der Waals surface area contributed by atoms with Crippen molar-refractivity contribution in [3.63, 3.8) is 0 Å². The Hall–Kier alpha value is -2.36. The number of primary amides is 1. The smallest absolute Gasteiger partial charge is 0.313 e. The van der Waals surface area contributed by atoms with E-state index in [0.29, 0.717) is 5.69 Å². The summed E-state index contributed by atoms with van der Waals surface area (Å²) < 4.78 is 0. The molecule has 4 heteroatoms. The number of rotatable bonds is 3. The highest BCUT2D eigenvalue weighted by Crippen LogP contribution is 2.26. The van der Waals surface area contributed by atoms with Crippen molar-refractivity contribution in [3.8, 4) is 0 Å².